The molecule has 1 saturated heterocycles. The zero-order chi connectivity index (χ0) is 15.5. The van der Waals surface area contributed by atoms with Crippen molar-refractivity contribution >= 4 is 5.95 Å². The highest BCUT2D eigenvalue weighted by molar-refractivity contribution is 5.44. The molecule has 0 amide bonds. The van der Waals surface area contributed by atoms with E-state index in [1.54, 1.807) is 26.5 Å². The summed E-state index contributed by atoms with van der Waals surface area (Å²) in [5.74, 6) is 1.92. The first-order valence-electron chi connectivity index (χ1n) is 7.09. The molecular formula is C14H19N5O3. The van der Waals surface area contributed by atoms with E-state index < -0.39 is 0 Å². The predicted octanol–water partition coefficient (Wildman–Crippen LogP) is 0.388. The Morgan fingerprint density at radius 1 is 1.32 bits per heavy atom. The summed E-state index contributed by atoms with van der Waals surface area (Å²) in [6, 6.07) is 3.68. The van der Waals surface area contributed by atoms with Crippen molar-refractivity contribution in [3.8, 4) is 11.6 Å². The van der Waals surface area contributed by atoms with E-state index in [0.717, 1.165) is 18.7 Å². The molecule has 3 rings (SSSR count). The minimum absolute atomic E-state index is 0.329. The van der Waals surface area contributed by atoms with Crippen LogP contribution < -0.4 is 9.64 Å². The molecule has 0 aromatic carbocycles. The van der Waals surface area contributed by atoms with Gasteiger partial charge in [0.1, 0.15) is 6.61 Å². The number of rotatable bonds is 5. The van der Waals surface area contributed by atoms with E-state index in [1.807, 2.05) is 15.5 Å². The smallest absolute Gasteiger partial charge is 0.232 e. The lowest BCUT2D eigenvalue weighted by molar-refractivity contribution is 0.176. The third kappa shape index (κ3) is 2.75. The van der Waals surface area contributed by atoms with Gasteiger partial charge in [-0.25, -0.2) is 4.98 Å². The number of aliphatic hydroxyl groups excluding tert-OH is 1. The molecule has 0 bridgehead atoms. The molecule has 2 aromatic heterocycles. The predicted molar refractivity (Wildman–Crippen MR) is 79.3 cm³/mol. The van der Waals surface area contributed by atoms with Crippen LogP contribution in [-0.2, 0) is 11.3 Å². The Balaban J connectivity index is 2.00. The van der Waals surface area contributed by atoms with Gasteiger partial charge in [-0.1, -0.05) is 0 Å². The molecule has 1 N–H and O–H groups in total. The van der Waals surface area contributed by atoms with Crippen LogP contribution in [0.15, 0.2) is 18.3 Å². The quantitative estimate of drug-likeness (QED) is 0.855. The van der Waals surface area contributed by atoms with E-state index in [9.17, 15) is 5.11 Å². The van der Waals surface area contributed by atoms with Crippen molar-refractivity contribution in [1.29, 1.82) is 0 Å². The number of aromatic nitrogens is 4. The topological polar surface area (TPSA) is 85.5 Å². The number of methoxy groups -OCH3 is 2. The Hall–Kier alpha value is -2.19. The molecule has 1 fully saturated rings. The fourth-order valence-corrected chi connectivity index (χ4v) is 2.55. The van der Waals surface area contributed by atoms with E-state index in [4.69, 9.17) is 9.47 Å². The zero-order valence-corrected chi connectivity index (χ0v) is 12.6. The Morgan fingerprint density at radius 3 is 2.77 bits per heavy atom. The molecule has 8 heteroatoms. The SMILES string of the molecule is COCc1nnc(N2CC[C@H](O)C2)n1-c1ccc(OC)nc1. The molecule has 118 valence electrons. The Kier molecular flexibility index (Phi) is 4.21. The van der Waals surface area contributed by atoms with Crippen molar-refractivity contribution in [2.75, 3.05) is 32.2 Å². The van der Waals surface area contributed by atoms with E-state index in [0.29, 0.717) is 30.8 Å². The maximum absolute atomic E-state index is 9.75. The van der Waals surface area contributed by atoms with Crippen LogP contribution in [0.4, 0.5) is 5.95 Å². The van der Waals surface area contributed by atoms with Crippen molar-refractivity contribution in [3.05, 3.63) is 24.2 Å². The molecule has 0 saturated carbocycles. The molecule has 2 aromatic rings. The van der Waals surface area contributed by atoms with Gasteiger partial charge in [-0.2, -0.15) is 0 Å². The molecule has 3 heterocycles. The fraction of sp³-hybridized carbons (Fsp3) is 0.500. The lowest BCUT2D eigenvalue weighted by Crippen LogP contribution is -2.25. The van der Waals surface area contributed by atoms with Gasteiger partial charge in [-0.15, -0.1) is 10.2 Å². The molecule has 0 radical (unpaired) electrons. The lowest BCUT2D eigenvalue weighted by atomic mass is 10.3. The van der Waals surface area contributed by atoms with Crippen molar-refractivity contribution in [1.82, 2.24) is 19.7 Å². The second kappa shape index (κ2) is 6.29. The highest BCUT2D eigenvalue weighted by Gasteiger charge is 2.26. The van der Waals surface area contributed by atoms with Gasteiger partial charge >= 0.3 is 0 Å². The molecule has 8 nitrogen and oxygen atoms in total. The second-order valence-electron chi connectivity index (χ2n) is 5.13. The van der Waals surface area contributed by atoms with Gasteiger partial charge in [-0.3, -0.25) is 4.57 Å². The van der Waals surface area contributed by atoms with Crippen LogP contribution in [0.1, 0.15) is 12.2 Å². The average molecular weight is 305 g/mol. The molecule has 0 unspecified atom stereocenters. The maximum Gasteiger partial charge on any atom is 0.232 e. The highest BCUT2D eigenvalue weighted by atomic mass is 16.5. The summed E-state index contributed by atoms with van der Waals surface area (Å²) in [6.45, 7) is 1.64. The Labute approximate surface area is 128 Å². The number of aliphatic hydroxyl groups is 1. The summed E-state index contributed by atoms with van der Waals surface area (Å²) < 4.78 is 12.2. The number of nitrogens with zero attached hydrogens (tertiary/aromatic N) is 5. The largest absolute Gasteiger partial charge is 0.481 e. The first-order valence-corrected chi connectivity index (χ1v) is 7.09. The van der Waals surface area contributed by atoms with E-state index in [1.165, 1.54) is 0 Å². The maximum atomic E-state index is 9.75. The minimum Gasteiger partial charge on any atom is -0.481 e. The summed E-state index contributed by atoms with van der Waals surface area (Å²) in [4.78, 5) is 6.24. The van der Waals surface area contributed by atoms with Crippen LogP contribution in [0.5, 0.6) is 5.88 Å². The Morgan fingerprint density at radius 2 is 2.18 bits per heavy atom. The number of ether oxygens (including phenoxy) is 2. The monoisotopic (exact) mass is 305 g/mol. The van der Waals surface area contributed by atoms with Gasteiger partial charge in [0.2, 0.25) is 11.8 Å². The summed E-state index contributed by atoms with van der Waals surface area (Å²) in [7, 11) is 3.19. The van der Waals surface area contributed by atoms with Crippen LogP contribution in [0.2, 0.25) is 0 Å². The van der Waals surface area contributed by atoms with Gasteiger partial charge in [0, 0.05) is 26.3 Å². The van der Waals surface area contributed by atoms with Crippen LogP contribution >= 0.6 is 0 Å². The number of anilines is 1. The molecule has 0 spiro atoms. The van der Waals surface area contributed by atoms with Gasteiger partial charge in [0.15, 0.2) is 5.82 Å². The second-order valence-corrected chi connectivity index (χ2v) is 5.13. The van der Waals surface area contributed by atoms with Crippen molar-refractivity contribution in [3.63, 3.8) is 0 Å². The van der Waals surface area contributed by atoms with Crippen molar-refractivity contribution < 1.29 is 14.6 Å². The van der Waals surface area contributed by atoms with Crippen LogP contribution in [0.25, 0.3) is 5.69 Å². The molecule has 22 heavy (non-hydrogen) atoms. The summed E-state index contributed by atoms with van der Waals surface area (Å²) >= 11 is 0. The fourth-order valence-electron chi connectivity index (χ4n) is 2.55. The first-order chi connectivity index (χ1) is 10.7. The summed E-state index contributed by atoms with van der Waals surface area (Å²) in [5.41, 5.74) is 0.828. The third-order valence-electron chi connectivity index (χ3n) is 3.62. The number of β-amino-alcohol motifs (C(OH)–C–C–N with tert-alkyl or cyclic N) is 1. The van der Waals surface area contributed by atoms with Gasteiger partial charge in [0.25, 0.3) is 0 Å². The molecule has 1 aliphatic rings. The number of pyridine rings is 1. The molecular weight excluding hydrogens is 286 g/mol. The van der Waals surface area contributed by atoms with Crippen LogP contribution in [-0.4, -0.2) is 58.3 Å². The Bertz CT molecular complexity index is 628. The number of hydrogen-bond donors (Lipinski definition) is 1. The van der Waals surface area contributed by atoms with Crippen molar-refractivity contribution in [2.45, 2.75) is 19.1 Å². The summed E-state index contributed by atoms with van der Waals surface area (Å²) in [6.07, 6.45) is 2.11. The third-order valence-corrected chi connectivity index (χ3v) is 3.62. The first kappa shape index (κ1) is 14.7. The normalized spacial score (nSPS) is 18.0. The molecule has 1 aliphatic heterocycles. The van der Waals surface area contributed by atoms with Gasteiger partial charge < -0.3 is 19.5 Å². The van der Waals surface area contributed by atoms with E-state index in [2.05, 4.69) is 15.2 Å². The standard InChI is InChI=1S/C14H19N5O3/c1-21-9-12-16-17-14(18-6-5-11(20)8-18)19(12)10-3-4-13(22-2)15-7-10/h3-4,7,11,20H,5-6,8-9H2,1-2H3/t11-/m0/s1. The van der Waals surface area contributed by atoms with Crippen LogP contribution in [0, 0.1) is 0 Å². The van der Waals surface area contributed by atoms with Crippen LogP contribution in [0.3, 0.4) is 0 Å². The van der Waals surface area contributed by atoms with E-state index >= 15 is 0 Å². The van der Waals surface area contributed by atoms with E-state index in [-0.39, 0.29) is 6.10 Å². The minimum atomic E-state index is -0.329. The van der Waals surface area contributed by atoms with Crippen molar-refractivity contribution in [2.24, 2.45) is 0 Å². The average Bonchev–Trinajstić information content (AvgIpc) is 3.14. The summed E-state index contributed by atoms with van der Waals surface area (Å²) in [5, 5.41) is 18.2. The van der Waals surface area contributed by atoms with Gasteiger partial charge in [0.05, 0.1) is 25.1 Å². The number of hydrogen-bond acceptors (Lipinski definition) is 7. The zero-order valence-electron chi connectivity index (χ0n) is 12.6. The molecule has 0 aliphatic carbocycles. The lowest BCUT2D eigenvalue weighted by Gasteiger charge is -2.18. The molecule has 1 atom stereocenters. The van der Waals surface area contributed by atoms with Gasteiger partial charge in [-0.05, 0) is 12.5 Å². The highest BCUT2D eigenvalue weighted by Crippen LogP contribution is 2.24.